The zero-order valence-corrected chi connectivity index (χ0v) is 14.5. The van der Waals surface area contributed by atoms with Gasteiger partial charge in [0.15, 0.2) is 0 Å². The molecule has 0 radical (unpaired) electrons. The molecule has 128 valence electrons. The number of carbonyl (C=O) groups is 1. The van der Waals surface area contributed by atoms with Gasteiger partial charge in [0.05, 0.1) is 13.2 Å². The minimum Gasteiger partial charge on any atom is -0.371 e. The molecule has 0 unspecified atom stereocenters. The van der Waals surface area contributed by atoms with Gasteiger partial charge < -0.3 is 9.64 Å². The van der Waals surface area contributed by atoms with Gasteiger partial charge >= 0.3 is 0 Å². The molecule has 4 rings (SSSR count). The number of aromatic nitrogens is 3. The lowest BCUT2D eigenvalue weighted by Crippen LogP contribution is -2.35. The standard InChI is InChI=1S/C18H18N4O2S/c23-18(16-3-6-20-21-16)22-7-4-17-14(10-22)8-15(25-17)12-24-11-13-2-1-5-19-9-13/h1-3,5-6,8-9H,4,7,10-12H2,(H,20,21). The molecule has 0 spiro atoms. The first-order valence-electron chi connectivity index (χ1n) is 8.15. The lowest BCUT2D eigenvalue weighted by Gasteiger charge is -2.26. The number of aromatic amines is 1. The quantitative estimate of drug-likeness (QED) is 0.765. The summed E-state index contributed by atoms with van der Waals surface area (Å²) in [6.45, 7) is 2.52. The van der Waals surface area contributed by atoms with Crippen molar-refractivity contribution in [2.45, 2.75) is 26.2 Å². The summed E-state index contributed by atoms with van der Waals surface area (Å²) in [6.07, 6.45) is 6.07. The molecule has 0 saturated heterocycles. The normalized spacial score (nSPS) is 13.7. The number of hydrogen-bond acceptors (Lipinski definition) is 5. The average Bonchev–Trinajstić information content (AvgIpc) is 3.31. The molecule has 0 bridgehead atoms. The van der Waals surface area contributed by atoms with E-state index in [-0.39, 0.29) is 5.91 Å². The molecule has 7 heteroatoms. The van der Waals surface area contributed by atoms with Gasteiger partial charge in [-0.15, -0.1) is 11.3 Å². The Kier molecular flexibility index (Phi) is 4.58. The van der Waals surface area contributed by atoms with Gasteiger partial charge in [-0.25, -0.2) is 0 Å². The van der Waals surface area contributed by atoms with Gasteiger partial charge in [-0.3, -0.25) is 14.9 Å². The van der Waals surface area contributed by atoms with Crippen molar-refractivity contribution < 1.29 is 9.53 Å². The lowest BCUT2D eigenvalue weighted by molar-refractivity contribution is 0.0729. The zero-order chi connectivity index (χ0) is 17.1. The number of carbonyl (C=O) groups excluding carboxylic acids is 1. The van der Waals surface area contributed by atoms with E-state index in [9.17, 15) is 4.79 Å². The second-order valence-corrected chi connectivity index (χ2v) is 7.18. The number of H-pyrrole nitrogens is 1. The van der Waals surface area contributed by atoms with Crippen LogP contribution in [0.4, 0.5) is 0 Å². The highest BCUT2D eigenvalue weighted by Crippen LogP contribution is 2.29. The van der Waals surface area contributed by atoms with Crippen LogP contribution in [0, 0.1) is 0 Å². The van der Waals surface area contributed by atoms with E-state index in [1.54, 1.807) is 29.8 Å². The first-order valence-corrected chi connectivity index (χ1v) is 8.97. The van der Waals surface area contributed by atoms with E-state index < -0.39 is 0 Å². The third-order valence-electron chi connectivity index (χ3n) is 4.17. The van der Waals surface area contributed by atoms with Gasteiger partial charge in [0.2, 0.25) is 0 Å². The fraction of sp³-hybridized carbons (Fsp3) is 0.278. The van der Waals surface area contributed by atoms with Crippen molar-refractivity contribution in [1.82, 2.24) is 20.1 Å². The van der Waals surface area contributed by atoms with E-state index in [4.69, 9.17) is 4.74 Å². The maximum absolute atomic E-state index is 12.4. The minimum absolute atomic E-state index is 0.00345. The summed E-state index contributed by atoms with van der Waals surface area (Å²) in [5, 5.41) is 6.60. The number of nitrogens with one attached hydrogen (secondary N) is 1. The highest BCUT2D eigenvalue weighted by atomic mass is 32.1. The molecule has 1 aliphatic heterocycles. The molecule has 3 aromatic rings. The van der Waals surface area contributed by atoms with E-state index in [1.807, 2.05) is 23.2 Å². The fourth-order valence-corrected chi connectivity index (χ4v) is 4.05. The second kappa shape index (κ2) is 7.16. The molecule has 4 heterocycles. The van der Waals surface area contributed by atoms with Crippen molar-refractivity contribution in [3.63, 3.8) is 0 Å². The van der Waals surface area contributed by atoms with Crippen LogP contribution in [0.25, 0.3) is 0 Å². The second-order valence-electron chi connectivity index (χ2n) is 5.96. The Morgan fingerprint density at radius 1 is 1.32 bits per heavy atom. The topological polar surface area (TPSA) is 71.1 Å². The summed E-state index contributed by atoms with van der Waals surface area (Å²) in [6, 6.07) is 7.79. The van der Waals surface area contributed by atoms with Crippen LogP contribution >= 0.6 is 11.3 Å². The molecule has 0 saturated carbocycles. The van der Waals surface area contributed by atoms with Crippen LogP contribution in [0.15, 0.2) is 42.9 Å². The first kappa shape index (κ1) is 16.0. The Morgan fingerprint density at radius 3 is 3.08 bits per heavy atom. The van der Waals surface area contributed by atoms with Crippen LogP contribution in [0.2, 0.25) is 0 Å². The van der Waals surface area contributed by atoms with Gasteiger partial charge in [-0.05, 0) is 35.7 Å². The van der Waals surface area contributed by atoms with Crippen LogP contribution in [0.5, 0.6) is 0 Å². The number of thiophene rings is 1. The molecule has 0 aromatic carbocycles. The predicted molar refractivity (Wildman–Crippen MR) is 94.1 cm³/mol. The van der Waals surface area contributed by atoms with E-state index >= 15 is 0 Å². The molecule has 0 fully saturated rings. The molecule has 0 atom stereocenters. The Bertz CT molecular complexity index is 845. The number of rotatable bonds is 5. The van der Waals surface area contributed by atoms with Gasteiger partial charge in [-0.1, -0.05) is 6.07 Å². The van der Waals surface area contributed by atoms with Gasteiger partial charge in [-0.2, -0.15) is 5.10 Å². The highest BCUT2D eigenvalue weighted by molar-refractivity contribution is 7.12. The number of hydrogen-bond donors (Lipinski definition) is 1. The summed E-state index contributed by atoms with van der Waals surface area (Å²) in [7, 11) is 0. The smallest absolute Gasteiger partial charge is 0.272 e. The zero-order valence-electron chi connectivity index (χ0n) is 13.6. The maximum atomic E-state index is 12.4. The molecule has 0 aliphatic carbocycles. The van der Waals surface area contributed by atoms with Crippen LogP contribution in [-0.4, -0.2) is 32.5 Å². The van der Waals surface area contributed by atoms with E-state index in [1.165, 1.54) is 15.3 Å². The summed E-state index contributed by atoms with van der Waals surface area (Å²) in [5.41, 5.74) is 2.84. The number of nitrogens with zero attached hydrogens (tertiary/aromatic N) is 3. The molecule has 25 heavy (non-hydrogen) atoms. The minimum atomic E-state index is 0.00345. The van der Waals surface area contributed by atoms with Gasteiger partial charge in [0.25, 0.3) is 5.91 Å². The van der Waals surface area contributed by atoms with Crippen LogP contribution in [0.1, 0.15) is 31.4 Å². The van der Waals surface area contributed by atoms with Crippen molar-refractivity contribution in [1.29, 1.82) is 0 Å². The van der Waals surface area contributed by atoms with Gasteiger partial charge in [0, 0.05) is 41.4 Å². The Hall–Kier alpha value is -2.51. The largest absolute Gasteiger partial charge is 0.371 e. The Morgan fingerprint density at radius 2 is 2.28 bits per heavy atom. The number of fused-ring (bicyclic) bond motifs is 1. The number of pyridine rings is 1. The third kappa shape index (κ3) is 3.62. The van der Waals surface area contributed by atoms with Gasteiger partial charge in [0.1, 0.15) is 5.69 Å². The van der Waals surface area contributed by atoms with Crippen LogP contribution in [-0.2, 0) is 30.9 Å². The number of amides is 1. The summed E-state index contributed by atoms with van der Waals surface area (Å²) >= 11 is 1.78. The lowest BCUT2D eigenvalue weighted by atomic mass is 10.1. The van der Waals surface area contributed by atoms with E-state index in [2.05, 4.69) is 21.2 Å². The maximum Gasteiger partial charge on any atom is 0.272 e. The molecule has 1 N–H and O–H groups in total. The van der Waals surface area contributed by atoms with Crippen LogP contribution < -0.4 is 0 Å². The predicted octanol–water partition coefficient (Wildman–Crippen LogP) is 2.78. The molecule has 6 nitrogen and oxygen atoms in total. The molecular formula is C18H18N4O2S. The third-order valence-corrected chi connectivity index (χ3v) is 5.38. The summed E-state index contributed by atoms with van der Waals surface area (Å²) in [4.78, 5) is 20.9. The molecule has 3 aromatic heterocycles. The van der Waals surface area contributed by atoms with Crippen molar-refractivity contribution in [2.75, 3.05) is 6.54 Å². The van der Waals surface area contributed by atoms with E-state index in [0.717, 1.165) is 18.5 Å². The monoisotopic (exact) mass is 354 g/mol. The Balaban J connectivity index is 1.36. The summed E-state index contributed by atoms with van der Waals surface area (Å²) < 4.78 is 5.79. The Labute approximate surface area is 149 Å². The molecular weight excluding hydrogens is 336 g/mol. The van der Waals surface area contributed by atoms with Crippen molar-refractivity contribution in [3.05, 3.63) is 69.4 Å². The van der Waals surface area contributed by atoms with Crippen LogP contribution in [0.3, 0.4) is 0 Å². The summed E-state index contributed by atoms with van der Waals surface area (Å²) in [5.74, 6) is 0.00345. The number of ether oxygens (including phenoxy) is 1. The van der Waals surface area contributed by atoms with Crippen molar-refractivity contribution in [3.8, 4) is 0 Å². The van der Waals surface area contributed by atoms with E-state index in [0.29, 0.717) is 25.5 Å². The SMILES string of the molecule is O=C(c1ccn[nH]1)N1CCc2sc(COCc3cccnc3)cc2C1. The highest BCUT2D eigenvalue weighted by Gasteiger charge is 2.24. The van der Waals surface area contributed by atoms with Crippen molar-refractivity contribution >= 4 is 17.2 Å². The molecule has 1 amide bonds. The first-order chi connectivity index (χ1) is 12.3. The van der Waals surface area contributed by atoms with Crippen molar-refractivity contribution in [2.24, 2.45) is 0 Å². The molecule has 1 aliphatic rings. The average molecular weight is 354 g/mol. The fourth-order valence-electron chi connectivity index (χ4n) is 2.94.